The lowest BCUT2D eigenvalue weighted by Gasteiger charge is -2.25. The first-order chi connectivity index (χ1) is 14.2. The lowest BCUT2D eigenvalue weighted by atomic mass is 10.2. The number of carbonyl (C=O) groups is 2. The number of hydrogen-bond donors (Lipinski definition) is 1. The van der Waals surface area contributed by atoms with Crippen LogP contribution in [0.3, 0.4) is 0 Å². The molecule has 5 rings (SSSR count). The minimum absolute atomic E-state index is 0.0737. The number of hydrogen-bond acceptors (Lipinski definition) is 8. The second-order valence-corrected chi connectivity index (χ2v) is 8.51. The SMILES string of the molecule is O=C(Nc1nc2c(s1)CN(C(=O)c1nc3ccccc3s1)CC2)c1cnccn1. The molecule has 0 unspecified atom stereocenters. The second kappa shape index (κ2) is 7.30. The van der Waals surface area contributed by atoms with E-state index < -0.39 is 0 Å². The van der Waals surface area contributed by atoms with Gasteiger partial charge in [0.15, 0.2) is 10.1 Å². The number of thiazole rings is 2. The molecule has 0 bridgehead atoms. The first-order valence-electron chi connectivity index (χ1n) is 8.88. The zero-order valence-corrected chi connectivity index (χ0v) is 16.7. The molecule has 0 saturated carbocycles. The van der Waals surface area contributed by atoms with Crippen LogP contribution < -0.4 is 5.32 Å². The number of para-hydroxylation sites is 1. The fourth-order valence-corrected chi connectivity index (χ4v) is 5.05. The first-order valence-corrected chi connectivity index (χ1v) is 10.5. The number of benzene rings is 1. The molecule has 1 aliphatic heterocycles. The molecular weight excluding hydrogens is 408 g/mol. The van der Waals surface area contributed by atoms with Crippen LogP contribution in [0.2, 0.25) is 0 Å². The van der Waals surface area contributed by atoms with E-state index in [1.54, 1.807) is 4.90 Å². The molecule has 144 valence electrons. The Morgan fingerprint density at radius 1 is 1.10 bits per heavy atom. The number of nitrogens with zero attached hydrogens (tertiary/aromatic N) is 5. The molecule has 1 N–H and O–H groups in total. The van der Waals surface area contributed by atoms with Crippen molar-refractivity contribution in [2.75, 3.05) is 11.9 Å². The number of rotatable bonds is 3. The minimum Gasteiger partial charge on any atom is -0.331 e. The molecule has 0 atom stereocenters. The van der Waals surface area contributed by atoms with Crippen LogP contribution in [0.1, 0.15) is 30.9 Å². The predicted octanol–water partition coefficient (Wildman–Crippen LogP) is 2.99. The average molecular weight is 422 g/mol. The smallest absolute Gasteiger partial charge is 0.283 e. The van der Waals surface area contributed by atoms with Crippen LogP contribution in [0, 0.1) is 0 Å². The summed E-state index contributed by atoms with van der Waals surface area (Å²) >= 11 is 2.78. The highest BCUT2D eigenvalue weighted by Crippen LogP contribution is 2.30. The number of nitrogens with one attached hydrogen (secondary N) is 1. The van der Waals surface area contributed by atoms with E-state index >= 15 is 0 Å². The van der Waals surface area contributed by atoms with Gasteiger partial charge in [-0.25, -0.2) is 15.0 Å². The normalized spacial score (nSPS) is 13.3. The maximum atomic E-state index is 12.9. The first kappa shape index (κ1) is 17.8. The maximum Gasteiger partial charge on any atom is 0.283 e. The molecule has 4 heterocycles. The van der Waals surface area contributed by atoms with Crippen molar-refractivity contribution in [2.45, 2.75) is 13.0 Å². The van der Waals surface area contributed by atoms with Crippen LogP contribution in [0.25, 0.3) is 10.2 Å². The molecule has 4 aromatic rings. The number of fused-ring (bicyclic) bond motifs is 2. The Morgan fingerprint density at radius 3 is 2.83 bits per heavy atom. The molecule has 0 spiro atoms. The van der Waals surface area contributed by atoms with E-state index in [0.717, 1.165) is 20.8 Å². The lowest BCUT2D eigenvalue weighted by Crippen LogP contribution is -2.35. The average Bonchev–Trinajstić information content (AvgIpc) is 3.36. The van der Waals surface area contributed by atoms with Gasteiger partial charge in [-0.2, -0.15) is 0 Å². The van der Waals surface area contributed by atoms with Crippen molar-refractivity contribution in [1.29, 1.82) is 0 Å². The Morgan fingerprint density at radius 2 is 2.00 bits per heavy atom. The van der Waals surface area contributed by atoms with Gasteiger partial charge in [-0.15, -0.1) is 11.3 Å². The fraction of sp³-hybridized carbons (Fsp3) is 0.158. The summed E-state index contributed by atoms with van der Waals surface area (Å²) in [4.78, 5) is 44.8. The van der Waals surface area contributed by atoms with Crippen LogP contribution in [0.5, 0.6) is 0 Å². The summed E-state index contributed by atoms with van der Waals surface area (Å²) in [7, 11) is 0. The van der Waals surface area contributed by atoms with Gasteiger partial charge in [-0.1, -0.05) is 23.5 Å². The Kier molecular flexibility index (Phi) is 4.49. The minimum atomic E-state index is -0.355. The van der Waals surface area contributed by atoms with E-state index in [2.05, 4.69) is 25.3 Å². The van der Waals surface area contributed by atoms with Crippen molar-refractivity contribution < 1.29 is 9.59 Å². The van der Waals surface area contributed by atoms with Crippen molar-refractivity contribution >= 4 is 49.8 Å². The zero-order valence-electron chi connectivity index (χ0n) is 15.0. The predicted molar refractivity (Wildman–Crippen MR) is 110 cm³/mol. The summed E-state index contributed by atoms with van der Waals surface area (Å²) in [6.45, 7) is 1.03. The highest BCUT2D eigenvalue weighted by molar-refractivity contribution is 7.20. The third kappa shape index (κ3) is 3.47. The summed E-state index contributed by atoms with van der Waals surface area (Å²) in [6.07, 6.45) is 5.02. The van der Waals surface area contributed by atoms with Crippen LogP contribution in [0.4, 0.5) is 5.13 Å². The summed E-state index contributed by atoms with van der Waals surface area (Å²) < 4.78 is 1.00. The molecule has 1 aliphatic rings. The van der Waals surface area contributed by atoms with Gasteiger partial charge < -0.3 is 4.90 Å². The third-order valence-corrected chi connectivity index (χ3v) is 6.53. The molecule has 0 saturated heterocycles. The fourth-order valence-electron chi connectivity index (χ4n) is 3.10. The largest absolute Gasteiger partial charge is 0.331 e. The van der Waals surface area contributed by atoms with Crippen LogP contribution in [-0.2, 0) is 13.0 Å². The van der Waals surface area contributed by atoms with Gasteiger partial charge in [-0.05, 0) is 12.1 Å². The summed E-state index contributed by atoms with van der Waals surface area (Å²) in [6, 6.07) is 7.73. The highest BCUT2D eigenvalue weighted by atomic mass is 32.1. The zero-order chi connectivity index (χ0) is 19.8. The van der Waals surface area contributed by atoms with Crippen molar-refractivity contribution in [3.05, 3.63) is 64.1 Å². The van der Waals surface area contributed by atoms with Crippen molar-refractivity contribution in [3.8, 4) is 0 Å². The van der Waals surface area contributed by atoms with Crippen molar-refractivity contribution in [2.24, 2.45) is 0 Å². The van der Waals surface area contributed by atoms with Gasteiger partial charge >= 0.3 is 0 Å². The standard InChI is InChI=1S/C19H14N6O2S2/c26-16(13-9-20-6-7-21-13)24-19-23-12-5-8-25(10-15(12)29-19)18(27)17-22-11-3-1-2-4-14(11)28-17/h1-4,6-7,9H,5,8,10H2,(H,23,24,26). The summed E-state index contributed by atoms with van der Waals surface area (Å²) in [5, 5.41) is 3.76. The molecule has 3 aromatic heterocycles. The molecule has 2 amide bonds. The molecule has 1 aromatic carbocycles. The monoisotopic (exact) mass is 422 g/mol. The number of aromatic nitrogens is 4. The van der Waals surface area contributed by atoms with Gasteiger partial charge in [0.25, 0.3) is 11.8 Å². The van der Waals surface area contributed by atoms with Gasteiger partial charge in [0.2, 0.25) is 0 Å². The van der Waals surface area contributed by atoms with E-state index in [1.165, 1.54) is 41.3 Å². The third-order valence-electron chi connectivity index (χ3n) is 4.51. The number of anilines is 1. The second-order valence-electron chi connectivity index (χ2n) is 6.40. The van der Waals surface area contributed by atoms with Gasteiger partial charge in [0, 0.05) is 30.2 Å². The van der Waals surface area contributed by atoms with Crippen LogP contribution in [0.15, 0.2) is 42.9 Å². The molecule has 8 nitrogen and oxygen atoms in total. The van der Waals surface area contributed by atoms with E-state index in [9.17, 15) is 9.59 Å². The summed E-state index contributed by atoms with van der Waals surface area (Å²) in [5.41, 5.74) is 1.98. The molecular formula is C19H14N6O2S2. The highest BCUT2D eigenvalue weighted by Gasteiger charge is 2.27. The quantitative estimate of drug-likeness (QED) is 0.545. The molecule has 0 fully saturated rings. The summed E-state index contributed by atoms with van der Waals surface area (Å²) in [5.74, 6) is -0.429. The van der Waals surface area contributed by atoms with Crippen molar-refractivity contribution in [1.82, 2.24) is 24.8 Å². The van der Waals surface area contributed by atoms with Crippen molar-refractivity contribution in [3.63, 3.8) is 0 Å². The van der Waals surface area contributed by atoms with Crippen LogP contribution >= 0.6 is 22.7 Å². The molecule has 0 aliphatic carbocycles. The molecule has 10 heteroatoms. The molecule has 0 radical (unpaired) electrons. The molecule has 29 heavy (non-hydrogen) atoms. The van der Waals surface area contributed by atoms with E-state index in [4.69, 9.17) is 0 Å². The van der Waals surface area contributed by atoms with E-state index in [1.807, 2.05) is 24.3 Å². The van der Waals surface area contributed by atoms with Crippen LogP contribution in [-0.4, -0.2) is 43.2 Å². The number of carbonyl (C=O) groups excluding carboxylic acids is 2. The topological polar surface area (TPSA) is 101 Å². The Balaban J connectivity index is 1.32. The van der Waals surface area contributed by atoms with E-state index in [-0.39, 0.29) is 17.5 Å². The van der Waals surface area contributed by atoms with Gasteiger partial charge in [0.1, 0.15) is 5.69 Å². The Bertz CT molecular complexity index is 1190. The Hall–Kier alpha value is -3.24. The number of amides is 2. The van der Waals surface area contributed by atoms with E-state index in [0.29, 0.717) is 29.6 Å². The van der Waals surface area contributed by atoms with Gasteiger partial charge in [0.05, 0.1) is 28.7 Å². The maximum absolute atomic E-state index is 12.9. The van der Waals surface area contributed by atoms with Gasteiger partial charge in [-0.3, -0.25) is 19.9 Å². The lowest BCUT2D eigenvalue weighted by molar-refractivity contribution is 0.0736. The Labute approximate surface area is 173 Å².